The lowest BCUT2D eigenvalue weighted by Crippen LogP contribution is -2.41. The Balaban J connectivity index is 2.70. The number of nitrogens with zero attached hydrogens (tertiary/aromatic N) is 1. The highest BCUT2D eigenvalue weighted by molar-refractivity contribution is 7.89. The number of hydrogen-bond acceptors (Lipinski definition) is 4. The molecule has 1 atom stereocenters. The van der Waals surface area contributed by atoms with E-state index in [0.717, 1.165) is 10.7 Å². The topological polar surface area (TPSA) is 83.9 Å². The minimum absolute atomic E-state index is 0.0153. The van der Waals surface area contributed by atoms with Crippen LogP contribution in [0.15, 0.2) is 0 Å². The van der Waals surface area contributed by atoms with Gasteiger partial charge >= 0.3 is 5.97 Å². The maximum absolute atomic E-state index is 12.2. The molecule has 1 heterocycles. The maximum Gasteiger partial charge on any atom is 0.318 e. The third-order valence-electron chi connectivity index (χ3n) is 2.74. The fourth-order valence-electron chi connectivity index (χ4n) is 1.95. The van der Waals surface area contributed by atoms with Crippen molar-refractivity contribution in [2.75, 3.05) is 32.1 Å². The molecule has 1 fully saturated rings. The molecule has 1 rings (SSSR count). The first-order valence-electron chi connectivity index (χ1n) is 6.08. The van der Waals surface area contributed by atoms with E-state index in [1.807, 2.05) is 13.8 Å². The van der Waals surface area contributed by atoms with Crippen molar-refractivity contribution in [1.29, 1.82) is 0 Å². The number of carboxylic acids is 1. The number of carboxylic acid groups (broad SMARTS) is 1. The van der Waals surface area contributed by atoms with Crippen LogP contribution in [-0.2, 0) is 19.6 Å². The number of aliphatic carboxylic acids is 1. The molecule has 6 nitrogen and oxygen atoms in total. The van der Waals surface area contributed by atoms with Gasteiger partial charge in [0.1, 0.15) is 6.54 Å². The predicted molar refractivity (Wildman–Crippen MR) is 66.8 cm³/mol. The van der Waals surface area contributed by atoms with Crippen molar-refractivity contribution in [3.05, 3.63) is 0 Å². The number of sulfonamides is 1. The molecule has 1 saturated heterocycles. The Bertz CT molecular complexity index is 373. The van der Waals surface area contributed by atoms with Crippen LogP contribution >= 0.6 is 0 Å². The van der Waals surface area contributed by atoms with Gasteiger partial charge < -0.3 is 9.84 Å². The number of carbonyl (C=O) groups is 1. The fourth-order valence-corrected chi connectivity index (χ4v) is 3.85. The minimum atomic E-state index is -3.52. The summed E-state index contributed by atoms with van der Waals surface area (Å²) in [7, 11) is -3.52. The molecule has 106 valence electrons. The lowest BCUT2D eigenvalue weighted by atomic mass is 10.2. The standard InChI is InChI=1S/C11H21NO5S/c1-9(2)5-12(6-11(13)14)18(15,16)8-10-3-4-17-7-10/h9-10H,3-8H2,1-2H3,(H,13,14). The normalized spacial score (nSPS) is 20.8. The molecule has 0 saturated carbocycles. The lowest BCUT2D eigenvalue weighted by molar-refractivity contribution is -0.137. The molecule has 18 heavy (non-hydrogen) atoms. The van der Waals surface area contributed by atoms with Crippen LogP contribution < -0.4 is 0 Å². The molecule has 0 amide bonds. The second kappa shape index (κ2) is 6.49. The van der Waals surface area contributed by atoms with E-state index < -0.39 is 22.5 Å². The summed E-state index contributed by atoms with van der Waals surface area (Å²) in [5.41, 5.74) is 0. The molecule has 0 radical (unpaired) electrons. The van der Waals surface area contributed by atoms with Crippen molar-refractivity contribution in [2.24, 2.45) is 11.8 Å². The van der Waals surface area contributed by atoms with Crippen molar-refractivity contribution in [3.63, 3.8) is 0 Å². The van der Waals surface area contributed by atoms with Crippen molar-refractivity contribution in [2.45, 2.75) is 20.3 Å². The summed E-state index contributed by atoms with van der Waals surface area (Å²) in [6, 6.07) is 0. The average molecular weight is 279 g/mol. The molecular weight excluding hydrogens is 258 g/mol. The van der Waals surface area contributed by atoms with E-state index in [2.05, 4.69) is 0 Å². The predicted octanol–water partition coefficient (Wildman–Crippen LogP) is 0.395. The van der Waals surface area contributed by atoms with Crippen molar-refractivity contribution >= 4 is 16.0 Å². The average Bonchev–Trinajstić information content (AvgIpc) is 2.67. The molecule has 0 aliphatic carbocycles. The smallest absolute Gasteiger partial charge is 0.318 e. The Kier molecular flexibility index (Phi) is 5.55. The molecule has 0 spiro atoms. The van der Waals surface area contributed by atoms with Crippen LogP contribution in [0.25, 0.3) is 0 Å². The second-order valence-corrected chi connectivity index (χ2v) is 7.10. The fraction of sp³-hybridized carbons (Fsp3) is 0.909. The Morgan fingerprint density at radius 1 is 1.50 bits per heavy atom. The summed E-state index contributed by atoms with van der Waals surface area (Å²) in [4.78, 5) is 10.7. The molecular formula is C11H21NO5S. The monoisotopic (exact) mass is 279 g/mol. The summed E-state index contributed by atoms with van der Waals surface area (Å²) >= 11 is 0. The zero-order chi connectivity index (χ0) is 13.8. The molecule has 1 aliphatic heterocycles. The molecule has 1 unspecified atom stereocenters. The van der Waals surface area contributed by atoms with E-state index >= 15 is 0 Å². The Morgan fingerprint density at radius 3 is 2.61 bits per heavy atom. The first kappa shape index (κ1) is 15.4. The third kappa shape index (κ3) is 4.91. The van der Waals surface area contributed by atoms with Gasteiger partial charge in [-0.1, -0.05) is 13.8 Å². The summed E-state index contributed by atoms with van der Waals surface area (Å²) in [6.45, 7) is 4.54. The van der Waals surface area contributed by atoms with E-state index in [1.165, 1.54) is 0 Å². The summed E-state index contributed by atoms with van der Waals surface area (Å²) < 4.78 is 30.5. The number of rotatable bonds is 7. The Hall–Kier alpha value is -0.660. The minimum Gasteiger partial charge on any atom is -0.480 e. The molecule has 1 aliphatic rings. The van der Waals surface area contributed by atoms with Crippen LogP contribution in [0.5, 0.6) is 0 Å². The SMILES string of the molecule is CC(C)CN(CC(=O)O)S(=O)(=O)CC1CCOC1. The second-order valence-electron chi connectivity index (χ2n) is 5.09. The summed E-state index contributed by atoms with van der Waals surface area (Å²) in [5, 5.41) is 8.79. The number of ether oxygens (including phenoxy) is 1. The van der Waals surface area contributed by atoms with Crippen LogP contribution in [0.3, 0.4) is 0 Å². The van der Waals surface area contributed by atoms with Gasteiger partial charge in [0.15, 0.2) is 0 Å². The van der Waals surface area contributed by atoms with Crippen LogP contribution in [0.1, 0.15) is 20.3 Å². The van der Waals surface area contributed by atoms with E-state index in [-0.39, 0.29) is 24.1 Å². The molecule has 0 aromatic heterocycles. The maximum atomic E-state index is 12.2. The third-order valence-corrected chi connectivity index (χ3v) is 4.70. The zero-order valence-corrected chi connectivity index (χ0v) is 11.6. The summed E-state index contributed by atoms with van der Waals surface area (Å²) in [6.07, 6.45) is 0.724. The van der Waals surface area contributed by atoms with Gasteiger partial charge in [-0.3, -0.25) is 4.79 Å². The van der Waals surface area contributed by atoms with E-state index in [0.29, 0.717) is 13.2 Å². The highest BCUT2D eigenvalue weighted by Crippen LogP contribution is 2.17. The highest BCUT2D eigenvalue weighted by Gasteiger charge is 2.30. The van der Waals surface area contributed by atoms with E-state index in [1.54, 1.807) is 0 Å². The highest BCUT2D eigenvalue weighted by atomic mass is 32.2. The van der Waals surface area contributed by atoms with Crippen molar-refractivity contribution in [3.8, 4) is 0 Å². The van der Waals surface area contributed by atoms with Gasteiger partial charge in [-0.25, -0.2) is 8.42 Å². The molecule has 7 heteroatoms. The van der Waals surface area contributed by atoms with Gasteiger partial charge in [0.05, 0.1) is 12.4 Å². The van der Waals surface area contributed by atoms with Crippen molar-refractivity contribution < 1.29 is 23.1 Å². The first-order chi connectivity index (χ1) is 8.31. The largest absolute Gasteiger partial charge is 0.480 e. The van der Waals surface area contributed by atoms with Crippen LogP contribution in [0.4, 0.5) is 0 Å². The molecule has 0 aromatic rings. The lowest BCUT2D eigenvalue weighted by Gasteiger charge is -2.23. The number of hydrogen-bond donors (Lipinski definition) is 1. The van der Waals surface area contributed by atoms with Gasteiger partial charge in [-0.05, 0) is 18.3 Å². The van der Waals surface area contributed by atoms with Crippen LogP contribution in [-0.4, -0.2) is 55.9 Å². The van der Waals surface area contributed by atoms with Gasteiger partial charge in [0, 0.05) is 13.2 Å². The summed E-state index contributed by atoms with van der Waals surface area (Å²) in [5.74, 6) is -1.06. The van der Waals surface area contributed by atoms with E-state index in [4.69, 9.17) is 9.84 Å². The molecule has 1 N–H and O–H groups in total. The van der Waals surface area contributed by atoms with Gasteiger partial charge in [-0.2, -0.15) is 4.31 Å². The van der Waals surface area contributed by atoms with E-state index in [9.17, 15) is 13.2 Å². The quantitative estimate of drug-likeness (QED) is 0.729. The molecule has 0 aromatic carbocycles. The van der Waals surface area contributed by atoms with Crippen LogP contribution in [0.2, 0.25) is 0 Å². The van der Waals surface area contributed by atoms with Crippen molar-refractivity contribution in [1.82, 2.24) is 4.31 Å². The Morgan fingerprint density at radius 2 is 2.17 bits per heavy atom. The van der Waals surface area contributed by atoms with Gasteiger partial charge in [-0.15, -0.1) is 0 Å². The van der Waals surface area contributed by atoms with Gasteiger partial charge in [0.25, 0.3) is 0 Å². The Labute approximate surface area is 108 Å². The molecule has 0 bridgehead atoms. The first-order valence-corrected chi connectivity index (χ1v) is 7.69. The van der Waals surface area contributed by atoms with Gasteiger partial charge in [0.2, 0.25) is 10.0 Å². The van der Waals surface area contributed by atoms with Crippen LogP contribution in [0, 0.1) is 11.8 Å². The zero-order valence-electron chi connectivity index (χ0n) is 10.8.